The standard InChI is InChI=1S/C18H22BrN3O/c1-12-10-17(18(23)21-15-6-8-20-9-7-15)13(2)22(12)16-5-3-4-14(19)11-16/h3-5,10-11,15,20H,6-9H2,1-2H3,(H,21,23). The fourth-order valence-corrected chi connectivity index (χ4v) is 3.62. The number of amides is 1. The summed E-state index contributed by atoms with van der Waals surface area (Å²) in [5, 5.41) is 6.50. The van der Waals surface area contributed by atoms with Crippen LogP contribution in [0.15, 0.2) is 34.8 Å². The van der Waals surface area contributed by atoms with Crippen LogP contribution in [0.3, 0.4) is 0 Å². The zero-order chi connectivity index (χ0) is 16.4. The molecule has 2 aromatic rings. The Hall–Kier alpha value is -1.59. The zero-order valence-corrected chi connectivity index (χ0v) is 15.1. The van der Waals surface area contributed by atoms with E-state index < -0.39 is 0 Å². The Labute approximate surface area is 145 Å². The van der Waals surface area contributed by atoms with Gasteiger partial charge in [0.2, 0.25) is 0 Å². The summed E-state index contributed by atoms with van der Waals surface area (Å²) in [7, 11) is 0. The third-order valence-electron chi connectivity index (χ3n) is 4.42. The first-order valence-corrected chi connectivity index (χ1v) is 8.82. The van der Waals surface area contributed by atoms with E-state index in [-0.39, 0.29) is 11.9 Å². The van der Waals surface area contributed by atoms with E-state index in [9.17, 15) is 4.79 Å². The Morgan fingerprint density at radius 3 is 2.70 bits per heavy atom. The number of hydrogen-bond acceptors (Lipinski definition) is 2. The molecule has 0 radical (unpaired) electrons. The van der Waals surface area contributed by atoms with Gasteiger partial charge in [-0.15, -0.1) is 0 Å². The van der Waals surface area contributed by atoms with Gasteiger partial charge >= 0.3 is 0 Å². The van der Waals surface area contributed by atoms with Gasteiger partial charge in [0.05, 0.1) is 5.56 Å². The molecule has 2 N–H and O–H groups in total. The predicted molar refractivity (Wildman–Crippen MR) is 96.3 cm³/mol. The van der Waals surface area contributed by atoms with Crippen LogP contribution in [0, 0.1) is 13.8 Å². The van der Waals surface area contributed by atoms with Crippen LogP contribution in [-0.4, -0.2) is 29.6 Å². The van der Waals surface area contributed by atoms with E-state index in [4.69, 9.17) is 0 Å². The van der Waals surface area contributed by atoms with E-state index in [1.165, 1.54) is 0 Å². The molecule has 1 amide bonds. The molecule has 1 aromatic carbocycles. The second-order valence-corrected chi connectivity index (χ2v) is 7.01. The van der Waals surface area contributed by atoms with Gasteiger partial charge < -0.3 is 15.2 Å². The van der Waals surface area contributed by atoms with Gasteiger partial charge in [0.15, 0.2) is 0 Å². The molecule has 1 aliphatic rings. The van der Waals surface area contributed by atoms with E-state index in [1.807, 2.05) is 32.0 Å². The second kappa shape index (κ2) is 6.89. The fraction of sp³-hybridized carbons (Fsp3) is 0.389. The van der Waals surface area contributed by atoms with Gasteiger partial charge in [0.25, 0.3) is 5.91 Å². The molecule has 1 aromatic heterocycles. The summed E-state index contributed by atoms with van der Waals surface area (Å²) in [5.41, 5.74) is 3.87. The summed E-state index contributed by atoms with van der Waals surface area (Å²) in [5.74, 6) is 0.0336. The van der Waals surface area contributed by atoms with Gasteiger partial charge in [0.1, 0.15) is 0 Å². The van der Waals surface area contributed by atoms with Crippen LogP contribution in [0.1, 0.15) is 34.6 Å². The fourth-order valence-electron chi connectivity index (χ4n) is 3.23. The van der Waals surface area contributed by atoms with Crippen molar-refractivity contribution < 1.29 is 4.79 Å². The predicted octanol–water partition coefficient (Wildman–Crippen LogP) is 3.34. The number of nitrogens with one attached hydrogen (secondary N) is 2. The highest BCUT2D eigenvalue weighted by Gasteiger charge is 2.20. The van der Waals surface area contributed by atoms with Crippen molar-refractivity contribution in [3.63, 3.8) is 0 Å². The molecule has 1 saturated heterocycles. The van der Waals surface area contributed by atoms with Crippen molar-refractivity contribution in [1.29, 1.82) is 0 Å². The molecule has 2 heterocycles. The zero-order valence-electron chi connectivity index (χ0n) is 13.5. The topological polar surface area (TPSA) is 46.1 Å². The van der Waals surface area contributed by atoms with Crippen molar-refractivity contribution in [1.82, 2.24) is 15.2 Å². The number of carbonyl (C=O) groups excluding carboxylic acids is 1. The van der Waals surface area contributed by atoms with Crippen LogP contribution >= 0.6 is 15.9 Å². The highest BCUT2D eigenvalue weighted by atomic mass is 79.9. The average Bonchev–Trinajstić information content (AvgIpc) is 2.83. The molecule has 0 spiro atoms. The lowest BCUT2D eigenvalue weighted by atomic mass is 10.1. The molecule has 0 aliphatic carbocycles. The summed E-state index contributed by atoms with van der Waals surface area (Å²) >= 11 is 3.51. The Morgan fingerprint density at radius 2 is 2.00 bits per heavy atom. The molecule has 0 atom stereocenters. The number of aryl methyl sites for hydroxylation is 1. The summed E-state index contributed by atoms with van der Waals surface area (Å²) < 4.78 is 3.16. The number of benzene rings is 1. The second-order valence-electron chi connectivity index (χ2n) is 6.10. The van der Waals surface area contributed by atoms with Crippen LogP contribution in [0.25, 0.3) is 5.69 Å². The number of aromatic nitrogens is 1. The van der Waals surface area contributed by atoms with Crippen LogP contribution in [0.4, 0.5) is 0 Å². The minimum atomic E-state index is 0.0336. The summed E-state index contributed by atoms with van der Waals surface area (Å²) in [6, 6.07) is 10.4. The number of carbonyl (C=O) groups is 1. The van der Waals surface area contributed by atoms with Crippen LogP contribution < -0.4 is 10.6 Å². The highest BCUT2D eigenvalue weighted by molar-refractivity contribution is 9.10. The number of rotatable bonds is 3. The normalized spacial score (nSPS) is 15.6. The third kappa shape index (κ3) is 3.51. The van der Waals surface area contributed by atoms with E-state index in [0.717, 1.165) is 53.0 Å². The first-order chi connectivity index (χ1) is 11.1. The van der Waals surface area contributed by atoms with Gasteiger partial charge in [-0.3, -0.25) is 4.79 Å². The van der Waals surface area contributed by atoms with Crippen molar-refractivity contribution in [3.05, 3.63) is 51.8 Å². The third-order valence-corrected chi connectivity index (χ3v) is 4.91. The van der Waals surface area contributed by atoms with E-state index in [1.54, 1.807) is 0 Å². The quantitative estimate of drug-likeness (QED) is 0.863. The minimum absolute atomic E-state index is 0.0336. The maximum Gasteiger partial charge on any atom is 0.253 e. The smallest absolute Gasteiger partial charge is 0.253 e. The molecule has 0 saturated carbocycles. The van der Waals surface area contributed by atoms with E-state index in [0.29, 0.717) is 0 Å². The van der Waals surface area contributed by atoms with Crippen molar-refractivity contribution in [2.75, 3.05) is 13.1 Å². The Kier molecular flexibility index (Phi) is 4.87. The van der Waals surface area contributed by atoms with Crippen molar-refractivity contribution in [2.45, 2.75) is 32.7 Å². The molecule has 0 bridgehead atoms. The van der Waals surface area contributed by atoms with Crippen molar-refractivity contribution in [2.24, 2.45) is 0 Å². The maximum absolute atomic E-state index is 12.6. The molecule has 1 fully saturated rings. The summed E-state index contributed by atoms with van der Waals surface area (Å²) in [6.45, 7) is 5.99. The van der Waals surface area contributed by atoms with Crippen molar-refractivity contribution in [3.8, 4) is 5.69 Å². The lowest BCUT2D eigenvalue weighted by Crippen LogP contribution is -2.42. The average molecular weight is 376 g/mol. The first-order valence-electron chi connectivity index (χ1n) is 8.02. The Morgan fingerprint density at radius 1 is 1.26 bits per heavy atom. The molecule has 23 heavy (non-hydrogen) atoms. The lowest BCUT2D eigenvalue weighted by molar-refractivity contribution is 0.0929. The monoisotopic (exact) mass is 375 g/mol. The highest BCUT2D eigenvalue weighted by Crippen LogP contribution is 2.23. The summed E-state index contributed by atoms with van der Waals surface area (Å²) in [4.78, 5) is 12.6. The maximum atomic E-state index is 12.6. The largest absolute Gasteiger partial charge is 0.349 e. The first kappa shape index (κ1) is 16.3. The van der Waals surface area contributed by atoms with Gasteiger partial charge in [-0.1, -0.05) is 22.0 Å². The molecule has 0 unspecified atom stereocenters. The molecule has 3 rings (SSSR count). The van der Waals surface area contributed by atoms with Crippen LogP contribution in [-0.2, 0) is 0 Å². The lowest BCUT2D eigenvalue weighted by Gasteiger charge is -2.23. The van der Waals surface area contributed by atoms with Gasteiger partial charge in [-0.05, 0) is 64.0 Å². The number of halogens is 1. The van der Waals surface area contributed by atoms with Crippen LogP contribution in [0.2, 0.25) is 0 Å². The number of piperidine rings is 1. The van der Waals surface area contributed by atoms with Gasteiger partial charge in [-0.25, -0.2) is 0 Å². The number of nitrogens with zero attached hydrogens (tertiary/aromatic N) is 1. The Bertz CT molecular complexity index is 717. The molecular formula is C18H22BrN3O. The Balaban J connectivity index is 1.86. The molecule has 1 aliphatic heterocycles. The van der Waals surface area contributed by atoms with Gasteiger partial charge in [-0.2, -0.15) is 0 Å². The van der Waals surface area contributed by atoms with Gasteiger partial charge in [0, 0.05) is 27.6 Å². The molecule has 122 valence electrons. The van der Waals surface area contributed by atoms with Crippen LogP contribution in [0.5, 0.6) is 0 Å². The number of hydrogen-bond donors (Lipinski definition) is 2. The minimum Gasteiger partial charge on any atom is -0.349 e. The summed E-state index contributed by atoms with van der Waals surface area (Å²) in [6.07, 6.45) is 1.99. The van der Waals surface area contributed by atoms with E-state index in [2.05, 4.69) is 43.3 Å². The van der Waals surface area contributed by atoms with E-state index >= 15 is 0 Å². The molecule has 5 heteroatoms. The molecule has 4 nitrogen and oxygen atoms in total. The SMILES string of the molecule is Cc1cc(C(=O)NC2CCNCC2)c(C)n1-c1cccc(Br)c1. The molecular weight excluding hydrogens is 354 g/mol. The van der Waals surface area contributed by atoms with Crippen molar-refractivity contribution >= 4 is 21.8 Å².